The molecule has 138 valence electrons. The van der Waals surface area contributed by atoms with Gasteiger partial charge in [-0.25, -0.2) is 13.6 Å². The van der Waals surface area contributed by atoms with Crippen LogP contribution in [-0.4, -0.2) is 28.5 Å². The van der Waals surface area contributed by atoms with Crippen LogP contribution in [0.25, 0.3) is 0 Å². The molecule has 3 rings (SSSR count). The maximum Gasteiger partial charge on any atom is 0.240 e. The Labute approximate surface area is 152 Å². The highest BCUT2D eigenvalue weighted by molar-refractivity contribution is 7.89. The molecule has 0 radical (unpaired) electrons. The van der Waals surface area contributed by atoms with E-state index in [-0.39, 0.29) is 28.3 Å². The number of nitrogens with one attached hydrogen (secondary N) is 1. The number of rotatable bonds is 6. The second-order valence-electron chi connectivity index (χ2n) is 6.09. The summed E-state index contributed by atoms with van der Waals surface area (Å²) in [4.78, 5) is 12.4. The van der Waals surface area contributed by atoms with Gasteiger partial charge < -0.3 is 14.8 Å². The Hall–Kier alpha value is -2.58. The Morgan fingerprint density at radius 3 is 2.46 bits per heavy atom. The van der Waals surface area contributed by atoms with Gasteiger partial charge in [0.25, 0.3) is 0 Å². The number of nitrogens with two attached hydrogens (primary N) is 1. The minimum Gasteiger partial charge on any atom is -0.493 e. The molecular formula is C18H20N2O5S. The maximum atomic E-state index is 12.5. The molecule has 8 heteroatoms. The first-order valence-corrected chi connectivity index (χ1v) is 9.54. The number of carbonyl (C=O) groups excluding carboxylic acids is 1. The number of sulfonamides is 1. The summed E-state index contributed by atoms with van der Waals surface area (Å²) in [5, 5.41) is 7.87. The molecule has 26 heavy (non-hydrogen) atoms. The third kappa shape index (κ3) is 3.66. The van der Waals surface area contributed by atoms with Gasteiger partial charge >= 0.3 is 0 Å². The van der Waals surface area contributed by atoms with Crippen molar-refractivity contribution >= 4 is 21.6 Å². The van der Waals surface area contributed by atoms with Crippen molar-refractivity contribution in [2.75, 3.05) is 19.5 Å². The molecule has 1 aliphatic carbocycles. The van der Waals surface area contributed by atoms with E-state index < -0.39 is 10.0 Å². The zero-order valence-electron chi connectivity index (χ0n) is 14.4. The van der Waals surface area contributed by atoms with Crippen molar-refractivity contribution in [3.8, 4) is 11.5 Å². The Balaban J connectivity index is 1.75. The Bertz CT molecular complexity index is 942. The van der Waals surface area contributed by atoms with Crippen LogP contribution in [0, 0.1) is 5.92 Å². The summed E-state index contributed by atoms with van der Waals surface area (Å²) >= 11 is 0. The van der Waals surface area contributed by atoms with Crippen LogP contribution in [0.4, 0.5) is 5.69 Å². The van der Waals surface area contributed by atoms with E-state index in [1.54, 1.807) is 32.4 Å². The minimum absolute atomic E-state index is 0.0523. The first kappa shape index (κ1) is 18.2. The van der Waals surface area contributed by atoms with E-state index in [4.69, 9.17) is 14.6 Å². The molecule has 2 aromatic carbocycles. The average molecular weight is 376 g/mol. The zero-order valence-corrected chi connectivity index (χ0v) is 15.2. The molecule has 0 saturated heterocycles. The molecule has 2 aromatic rings. The molecule has 0 bridgehead atoms. The van der Waals surface area contributed by atoms with Gasteiger partial charge in [0, 0.05) is 5.92 Å². The van der Waals surface area contributed by atoms with E-state index in [1.165, 1.54) is 12.1 Å². The van der Waals surface area contributed by atoms with Gasteiger partial charge in [0.15, 0.2) is 11.5 Å². The Morgan fingerprint density at radius 1 is 1.12 bits per heavy atom. The summed E-state index contributed by atoms with van der Waals surface area (Å²) in [6.07, 6.45) is 0.679. The minimum atomic E-state index is -3.91. The number of ether oxygens (including phenoxy) is 2. The number of hydrogen-bond donors (Lipinski definition) is 2. The van der Waals surface area contributed by atoms with Gasteiger partial charge in [-0.05, 0) is 42.2 Å². The number of benzene rings is 2. The average Bonchev–Trinajstić information content (AvgIpc) is 3.41. The van der Waals surface area contributed by atoms with Crippen LogP contribution in [0.3, 0.4) is 0 Å². The molecule has 0 heterocycles. The van der Waals surface area contributed by atoms with E-state index in [1.807, 2.05) is 12.1 Å². The van der Waals surface area contributed by atoms with Gasteiger partial charge in [0.1, 0.15) is 4.90 Å². The lowest BCUT2D eigenvalue weighted by Crippen LogP contribution is -2.19. The van der Waals surface area contributed by atoms with Crippen LogP contribution in [0.5, 0.6) is 11.5 Å². The van der Waals surface area contributed by atoms with Gasteiger partial charge in [0.05, 0.1) is 19.9 Å². The number of amides is 1. The Morgan fingerprint density at radius 2 is 1.81 bits per heavy atom. The van der Waals surface area contributed by atoms with Crippen LogP contribution in [0.2, 0.25) is 0 Å². The molecule has 0 spiro atoms. The standard InChI is InChI=1S/C18H20N2O5S/c1-24-15-8-7-11(9-16(15)25-2)12-10-13(12)18(21)20-14-5-3-4-6-17(14)26(19,22)23/h3-9,12-13H,10H2,1-2H3,(H,20,21)(H2,19,22,23). The topological polar surface area (TPSA) is 108 Å². The number of carbonyl (C=O) groups is 1. The van der Waals surface area contributed by atoms with Crippen molar-refractivity contribution in [2.24, 2.45) is 11.1 Å². The predicted octanol–water partition coefficient (Wildman–Crippen LogP) is 2.09. The molecule has 1 aliphatic rings. The molecule has 2 unspecified atom stereocenters. The third-order valence-corrected chi connectivity index (χ3v) is 5.38. The number of para-hydroxylation sites is 1. The smallest absolute Gasteiger partial charge is 0.240 e. The number of anilines is 1. The predicted molar refractivity (Wildman–Crippen MR) is 96.8 cm³/mol. The SMILES string of the molecule is COc1ccc(C2CC2C(=O)Nc2ccccc2S(N)(=O)=O)cc1OC. The maximum absolute atomic E-state index is 12.5. The van der Waals surface area contributed by atoms with Crippen LogP contribution in [0.1, 0.15) is 17.9 Å². The summed E-state index contributed by atoms with van der Waals surface area (Å²) in [6.45, 7) is 0. The first-order chi connectivity index (χ1) is 12.3. The summed E-state index contributed by atoms with van der Waals surface area (Å²) in [5.41, 5.74) is 1.17. The monoisotopic (exact) mass is 376 g/mol. The quantitative estimate of drug-likeness (QED) is 0.803. The van der Waals surface area contributed by atoms with Crippen molar-refractivity contribution in [3.05, 3.63) is 48.0 Å². The van der Waals surface area contributed by atoms with Crippen molar-refractivity contribution < 1.29 is 22.7 Å². The number of methoxy groups -OCH3 is 2. The van der Waals surface area contributed by atoms with Gasteiger partial charge in [-0.3, -0.25) is 4.79 Å². The van der Waals surface area contributed by atoms with Crippen LogP contribution in [0.15, 0.2) is 47.4 Å². The van der Waals surface area contributed by atoms with E-state index in [9.17, 15) is 13.2 Å². The van der Waals surface area contributed by atoms with Gasteiger partial charge in [-0.1, -0.05) is 18.2 Å². The third-order valence-electron chi connectivity index (χ3n) is 4.41. The van der Waals surface area contributed by atoms with E-state index in [0.717, 1.165) is 5.56 Å². The molecule has 0 aromatic heterocycles. The number of hydrogen-bond acceptors (Lipinski definition) is 5. The molecule has 0 aliphatic heterocycles. The lowest BCUT2D eigenvalue weighted by atomic mass is 10.1. The van der Waals surface area contributed by atoms with E-state index in [2.05, 4.69) is 5.32 Å². The van der Waals surface area contributed by atoms with Gasteiger partial charge in [-0.15, -0.1) is 0 Å². The fourth-order valence-electron chi connectivity index (χ4n) is 2.98. The lowest BCUT2D eigenvalue weighted by molar-refractivity contribution is -0.117. The van der Waals surface area contributed by atoms with Crippen LogP contribution < -0.4 is 19.9 Å². The van der Waals surface area contributed by atoms with Crippen molar-refractivity contribution in [1.29, 1.82) is 0 Å². The van der Waals surface area contributed by atoms with Crippen molar-refractivity contribution in [2.45, 2.75) is 17.2 Å². The lowest BCUT2D eigenvalue weighted by Gasteiger charge is -2.11. The zero-order chi connectivity index (χ0) is 18.9. The second-order valence-corrected chi connectivity index (χ2v) is 7.62. The first-order valence-electron chi connectivity index (χ1n) is 7.99. The van der Waals surface area contributed by atoms with Gasteiger partial charge in [0.2, 0.25) is 15.9 Å². The molecular weight excluding hydrogens is 356 g/mol. The highest BCUT2D eigenvalue weighted by Crippen LogP contribution is 2.49. The summed E-state index contributed by atoms with van der Waals surface area (Å²) in [5.74, 6) is 0.814. The molecule has 1 fully saturated rings. The fraction of sp³-hybridized carbons (Fsp3) is 0.278. The van der Waals surface area contributed by atoms with Crippen molar-refractivity contribution in [3.63, 3.8) is 0 Å². The molecule has 1 saturated carbocycles. The normalized spacial score (nSPS) is 18.9. The van der Waals surface area contributed by atoms with E-state index >= 15 is 0 Å². The number of primary sulfonamides is 1. The van der Waals surface area contributed by atoms with E-state index in [0.29, 0.717) is 17.9 Å². The van der Waals surface area contributed by atoms with Crippen LogP contribution >= 0.6 is 0 Å². The summed E-state index contributed by atoms with van der Waals surface area (Å²) in [6, 6.07) is 11.6. The Kier molecular flexibility index (Phi) is 4.88. The highest BCUT2D eigenvalue weighted by atomic mass is 32.2. The highest BCUT2D eigenvalue weighted by Gasteiger charge is 2.44. The second kappa shape index (κ2) is 6.97. The molecule has 7 nitrogen and oxygen atoms in total. The molecule has 1 amide bonds. The van der Waals surface area contributed by atoms with Crippen molar-refractivity contribution in [1.82, 2.24) is 0 Å². The molecule has 3 N–H and O–H groups in total. The fourth-order valence-corrected chi connectivity index (χ4v) is 3.67. The van der Waals surface area contributed by atoms with Gasteiger partial charge in [-0.2, -0.15) is 0 Å². The van der Waals surface area contributed by atoms with Crippen LogP contribution in [-0.2, 0) is 14.8 Å². The molecule has 2 atom stereocenters. The largest absolute Gasteiger partial charge is 0.493 e. The summed E-state index contributed by atoms with van der Waals surface area (Å²) in [7, 11) is -0.790. The summed E-state index contributed by atoms with van der Waals surface area (Å²) < 4.78 is 33.8.